The molecule has 3 rings (SSSR count). The molecule has 0 heterocycles. The Morgan fingerprint density at radius 3 is 2.29 bits per heavy atom. The van der Waals surface area contributed by atoms with E-state index in [0.717, 1.165) is 11.1 Å². The Labute approximate surface area is 196 Å². The summed E-state index contributed by atoms with van der Waals surface area (Å²) in [7, 11) is 0. The van der Waals surface area contributed by atoms with Crippen molar-refractivity contribution in [2.45, 2.75) is 13.5 Å². The van der Waals surface area contributed by atoms with Gasteiger partial charge in [0, 0.05) is 5.69 Å². The number of carbonyl (C=O) groups excluding carboxylic acids is 1. The molecular formula is C24H17Br2FN2O2. The first-order chi connectivity index (χ1) is 14.9. The van der Waals surface area contributed by atoms with Gasteiger partial charge in [-0.3, -0.25) is 4.79 Å². The van der Waals surface area contributed by atoms with Crippen LogP contribution in [0.4, 0.5) is 10.1 Å². The first-order valence-electron chi connectivity index (χ1n) is 9.22. The standard InChI is InChI=1S/C24H17Br2FN2O2/c1-15-2-8-20(9-3-15)29-24(30)18(13-28)10-17-11-21(25)23(22(26)12-17)31-14-16-4-6-19(27)7-5-16/h2-12H,14H2,1H3,(H,29,30)/b18-10+. The van der Waals surface area contributed by atoms with Crippen molar-refractivity contribution < 1.29 is 13.9 Å². The van der Waals surface area contributed by atoms with Gasteiger partial charge in [0.05, 0.1) is 8.95 Å². The molecule has 0 aliphatic carbocycles. The molecule has 0 aliphatic rings. The highest BCUT2D eigenvalue weighted by Crippen LogP contribution is 2.36. The molecule has 7 heteroatoms. The predicted octanol–water partition coefficient (Wildman–Crippen LogP) is 6.78. The topological polar surface area (TPSA) is 62.1 Å². The fourth-order valence-electron chi connectivity index (χ4n) is 2.69. The molecule has 3 aromatic rings. The van der Waals surface area contributed by atoms with Crippen molar-refractivity contribution in [1.82, 2.24) is 0 Å². The molecule has 0 bridgehead atoms. The van der Waals surface area contributed by atoms with Crippen molar-refractivity contribution in [1.29, 1.82) is 5.26 Å². The molecule has 0 spiro atoms. The van der Waals surface area contributed by atoms with E-state index in [0.29, 0.717) is 25.9 Å². The highest BCUT2D eigenvalue weighted by atomic mass is 79.9. The Morgan fingerprint density at radius 2 is 1.71 bits per heavy atom. The number of nitriles is 1. The lowest BCUT2D eigenvalue weighted by molar-refractivity contribution is -0.112. The van der Waals surface area contributed by atoms with Gasteiger partial charge < -0.3 is 10.1 Å². The van der Waals surface area contributed by atoms with Crippen LogP contribution in [0.5, 0.6) is 5.75 Å². The van der Waals surface area contributed by atoms with Gasteiger partial charge in [0.15, 0.2) is 0 Å². The van der Waals surface area contributed by atoms with Gasteiger partial charge in [0.25, 0.3) is 5.91 Å². The van der Waals surface area contributed by atoms with Gasteiger partial charge in [-0.1, -0.05) is 29.8 Å². The smallest absolute Gasteiger partial charge is 0.266 e. The third kappa shape index (κ3) is 6.27. The lowest BCUT2D eigenvalue weighted by Gasteiger charge is -2.12. The third-order valence-corrected chi connectivity index (χ3v) is 5.48. The van der Waals surface area contributed by atoms with Crippen molar-refractivity contribution in [3.8, 4) is 11.8 Å². The van der Waals surface area contributed by atoms with Gasteiger partial charge >= 0.3 is 0 Å². The van der Waals surface area contributed by atoms with Crippen molar-refractivity contribution >= 4 is 49.5 Å². The number of nitrogens with one attached hydrogen (secondary N) is 1. The summed E-state index contributed by atoms with van der Waals surface area (Å²) in [5.41, 5.74) is 3.13. The number of halogens is 3. The molecule has 0 aromatic heterocycles. The molecule has 0 saturated heterocycles. The molecule has 0 unspecified atom stereocenters. The molecule has 0 saturated carbocycles. The van der Waals surface area contributed by atoms with Gasteiger partial charge in [-0.05, 0) is 92.4 Å². The summed E-state index contributed by atoms with van der Waals surface area (Å²) >= 11 is 6.93. The summed E-state index contributed by atoms with van der Waals surface area (Å²) in [5, 5.41) is 12.2. The minimum atomic E-state index is -0.491. The van der Waals surface area contributed by atoms with Gasteiger partial charge in [0.1, 0.15) is 29.8 Å². The number of anilines is 1. The molecule has 1 amide bonds. The Balaban J connectivity index is 1.76. The zero-order valence-corrected chi connectivity index (χ0v) is 19.6. The van der Waals surface area contributed by atoms with Crippen molar-refractivity contribution in [3.63, 3.8) is 0 Å². The number of nitrogens with zero attached hydrogens (tertiary/aromatic N) is 1. The number of hydrogen-bond acceptors (Lipinski definition) is 3. The second kappa shape index (κ2) is 10.4. The van der Waals surface area contributed by atoms with Crippen LogP contribution in [0.2, 0.25) is 0 Å². The first kappa shape index (κ1) is 22.7. The van der Waals surface area contributed by atoms with Crippen LogP contribution in [-0.4, -0.2) is 5.91 Å². The van der Waals surface area contributed by atoms with Crippen molar-refractivity contribution in [2.75, 3.05) is 5.32 Å². The number of hydrogen-bond donors (Lipinski definition) is 1. The quantitative estimate of drug-likeness (QED) is 0.275. The number of ether oxygens (including phenoxy) is 1. The molecule has 3 aromatic carbocycles. The van der Waals surface area contributed by atoms with Crippen molar-refractivity contribution in [2.24, 2.45) is 0 Å². The maximum absolute atomic E-state index is 13.0. The van der Waals surface area contributed by atoms with Gasteiger partial charge in [-0.15, -0.1) is 0 Å². The zero-order valence-electron chi connectivity index (χ0n) is 16.5. The summed E-state index contributed by atoms with van der Waals surface area (Å²) in [6.45, 7) is 2.21. The Morgan fingerprint density at radius 1 is 1.10 bits per heavy atom. The van der Waals surface area contributed by atoms with E-state index in [9.17, 15) is 14.4 Å². The number of carbonyl (C=O) groups is 1. The summed E-state index contributed by atoms with van der Waals surface area (Å²) in [5.74, 6) is -0.235. The van der Waals surface area contributed by atoms with E-state index in [-0.39, 0.29) is 18.0 Å². The van der Waals surface area contributed by atoms with Crippen LogP contribution in [0.15, 0.2) is 75.2 Å². The average Bonchev–Trinajstić information content (AvgIpc) is 2.74. The summed E-state index contributed by atoms with van der Waals surface area (Å²) < 4.78 is 20.2. The van der Waals surface area contributed by atoms with Crippen LogP contribution in [-0.2, 0) is 11.4 Å². The van der Waals surface area contributed by atoms with Crippen LogP contribution < -0.4 is 10.1 Å². The molecular weight excluding hydrogens is 527 g/mol. The molecule has 0 atom stereocenters. The maximum Gasteiger partial charge on any atom is 0.266 e. The minimum absolute atomic E-state index is 0.0284. The number of rotatable bonds is 6. The van der Waals surface area contributed by atoms with Gasteiger partial charge in [-0.25, -0.2) is 4.39 Å². The van der Waals surface area contributed by atoms with Crippen LogP contribution in [0.3, 0.4) is 0 Å². The molecule has 4 nitrogen and oxygen atoms in total. The van der Waals surface area contributed by atoms with Crippen LogP contribution in [0, 0.1) is 24.1 Å². The van der Waals surface area contributed by atoms with E-state index in [1.165, 1.54) is 18.2 Å². The number of benzene rings is 3. The second-order valence-corrected chi connectivity index (χ2v) is 8.43. The second-order valence-electron chi connectivity index (χ2n) is 6.72. The molecule has 0 fully saturated rings. The van der Waals surface area contributed by atoms with Crippen LogP contribution in [0.1, 0.15) is 16.7 Å². The summed E-state index contributed by atoms with van der Waals surface area (Å²) in [6, 6.07) is 18.8. The van der Waals surface area contributed by atoms with Gasteiger partial charge in [0.2, 0.25) is 0 Å². The largest absolute Gasteiger partial charge is 0.487 e. The SMILES string of the molecule is Cc1ccc(NC(=O)/C(C#N)=C/c2cc(Br)c(OCc3ccc(F)cc3)c(Br)c2)cc1. The average molecular weight is 544 g/mol. The molecule has 0 radical (unpaired) electrons. The van der Waals surface area contributed by atoms with Crippen LogP contribution in [0.25, 0.3) is 6.08 Å². The number of amides is 1. The molecule has 31 heavy (non-hydrogen) atoms. The summed E-state index contributed by atoms with van der Waals surface area (Å²) in [6.07, 6.45) is 1.50. The monoisotopic (exact) mass is 542 g/mol. The van der Waals surface area contributed by atoms with E-state index in [2.05, 4.69) is 37.2 Å². The first-order valence-corrected chi connectivity index (χ1v) is 10.8. The normalized spacial score (nSPS) is 11.0. The fraction of sp³-hybridized carbons (Fsp3) is 0.0833. The lowest BCUT2D eigenvalue weighted by atomic mass is 10.1. The fourth-order valence-corrected chi connectivity index (χ4v) is 4.14. The zero-order chi connectivity index (χ0) is 22.4. The molecule has 0 aliphatic heterocycles. The van der Waals surface area contributed by atoms with E-state index >= 15 is 0 Å². The Kier molecular flexibility index (Phi) is 7.61. The maximum atomic E-state index is 13.0. The minimum Gasteiger partial charge on any atom is -0.487 e. The number of aryl methyl sites for hydroxylation is 1. The molecule has 1 N–H and O–H groups in total. The van der Waals surface area contributed by atoms with E-state index < -0.39 is 5.91 Å². The highest BCUT2D eigenvalue weighted by Gasteiger charge is 2.13. The summed E-state index contributed by atoms with van der Waals surface area (Å²) in [4.78, 5) is 12.5. The van der Waals surface area contributed by atoms with E-state index in [1.807, 2.05) is 25.1 Å². The Hall–Kier alpha value is -2.95. The lowest BCUT2D eigenvalue weighted by Crippen LogP contribution is -2.13. The third-order valence-electron chi connectivity index (χ3n) is 4.30. The Bertz CT molecular complexity index is 1140. The molecule has 156 valence electrons. The van der Waals surface area contributed by atoms with Crippen LogP contribution >= 0.6 is 31.9 Å². The van der Waals surface area contributed by atoms with E-state index in [1.54, 1.807) is 36.4 Å². The van der Waals surface area contributed by atoms with E-state index in [4.69, 9.17) is 4.74 Å². The van der Waals surface area contributed by atoms with Gasteiger partial charge in [-0.2, -0.15) is 5.26 Å². The highest BCUT2D eigenvalue weighted by molar-refractivity contribution is 9.11. The predicted molar refractivity (Wildman–Crippen MR) is 126 cm³/mol. The van der Waals surface area contributed by atoms with Crippen molar-refractivity contribution in [3.05, 3.63) is 97.7 Å².